The Hall–Kier alpha value is -4.27. The predicted octanol–water partition coefficient (Wildman–Crippen LogP) is 3.93. The fourth-order valence-electron chi connectivity index (χ4n) is 4.45. The van der Waals surface area contributed by atoms with Crippen LogP contribution in [-0.2, 0) is 12.7 Å². The van der Waals surface area contributed by atoms with E-state index in [9.17, 15) is 18.0 Å². The molecule has 1 fully saturated rings. The Balaban J connectivity index is 1.31. The Labute approximate surface area is 223 Å². The fraction of sp³-hybridized carbons (Fsp3) is 0.286. The van der Waals surface area contributed by atoms with E-state index in [1.54, 1.807) is 41.3 Å². The Morgan fingerprint density at radius 2 is 1.79 bits per heavy atom. The first-order valence-electron chi connectivity index (χ1n) is 12.5. The number of benzene rings is 1. The Morgan fingerprint density at radius 1 is 1.00 bits per heavy atom. The van der Waals surface area contributed by atoms with Crippen LogP contribution < -0.4 is 5.32 Å². The second-order valence-corrected chi connectivity index (χ2v) is 9.17. The van der Waals surface area contributed by atoms with Gasteiger partial charge in [0.15, 0.2) is 0 Å². The van der Waals surface area contributed by atoms with Gasteiger partial charge < -0.3 is 10.2 Å². The molecule has 0 atom stereocenters. The number of carbonyl (C=O) groups is 1. The van der Waals surface area contributed by atoms with Crippen molar-refractivity contribution < 1.29 is 18.0 Å². The van der Waals surface area contributed by atoms with Crippen LogP contribution in [0.5, 0.6) is 0 Å². The van der Waals surface area contributed by atoms with Gasteiger partial charge in [-0.25, -0.2) is 15.0 Å². The Kier molecular flexibility index (Phi) is 7.58. The maximum Gasteiger partial charge on any atom is 0.416 e. The minimum atomic E-state index is -4.59. The summed E-state index contributed by atoms with van der Waals surface area (Å²) < 4.78 is 43.6. The highest BCUT2D eigenvalue weighted by Gasteiger charge is 2.34. The normalized spacial score (nSPS) is 14.7. The van der Waals surface area contributed by atoms with Gasteiger partial charge in [0, 0.05) is 56.2 Å². The van der Waals surface area contributed by atoms with Crippen molar-refractivity contribution in [1.82, 2.24) is 29.2 Å². The van der Waals surface area contributed by atoms with Crippen LogP contribution in [0.15, 0.2) is 61.3 Å². The number of imidazole rings is 1. The number of likely N-dealkylation sites (N-methyl/N-ethyl adjacent to an activating group) is 1. The number of nitrogens with zero attached hydrogens (tertiary/aromatic N) is 6. The lowest BCUT2D eigenvalue weighted by molar-refractivity contribution is -0.138. The van der Waals surface area contributed by atoms with E-state index in [4.69, 9.17) is 0 Å². The van der Waals surface area contributed by atoms with Gasteiger partial charge in [0.1, 0.15) is 23.5 Å². The van der Waals surface area contributed by atoms with Gasteiger partial charge in [-0.1, -0.05) is 18.9 Å². The molecule has 1 aliphatic heterocycles. The number of fused-ring (bicyclic) bond motifs is 1. The molecule has 1 N–H and O–H groups in total. The molecule has 0 radical (unpaired) electrons. The second-order valence-electron chi connectivity index (χ2n) is 9.17. The molecule has 1 saturated heterocycles. The Bertz CT molecular complexity index is 1550. The highest BCUT2D eigenvalue weighted by molar-refractivity contribution is 6.04. The molecular formula is C28H26F3N7O. The summed E-state index contributed by atoms with van der Waals surface area (Å²) in [5.41, 5.74) is 1.16. The SMILES string of the molecule is CCN1CCN(Cc2ccc(C(=O)Nc3cc(C#Cc4cnc5ccncn45)ccn3)cc2C(F)(F)F)CC1. The molecule has 11 heteroatoms. The molecule has 0 spiro atoms. The van der Waals surface area contributed by atoms with Crippen LogP contribution in [0.1, 0.15) is 39.7 Å². The smallest absolute Gasteiger partial charge is 0.307 e. The zero-order valence-corrected chi connectivity index (χ0v) is 21.2. The molecule has 0 saturated carbocycles. The summed E-state index contributed by atoms with van der Waals surface area (Å²) in [7, 11) is 0. The molecular weight excluding hydrogens is 507 g/mol. The number of rotatable bonds is 5. The van der Waals surface area contributed by atoms with E-state index in [1.807, 2.05) is 4.90 Å². The number of anilines is 1. The number of nitrogens with one attached hydrogen (secondary N) is 1. The summed E-state index contributed by atoms with van der Waals surface area (Å²) in [6, 6.07) is 8.71. The summed E-state index contributed by atoms with van der Waals surface area (Å²) in [5, 5.41) is 2.58. The van der Waals surface area contributed by atoms with Gasteiger partial charge >= 0.3 is 6.18 Å². The molecule has 8 nitrogen and oxygen atoms in total. The van der Waals surface area contributed by atoms with Crippen LogP contribution in [0.2, 0.25) is 0 Å². The van der Waals surface area contributed by atoms with Crippen molar-refractivity contribution in [3.05, 3.63) is 89.3 Å². The summed E-state index contributed by atoms with van der Waals surface area (Å²) in [5.74, 6) is 5.48. The van der Waals surface area contributed by atoms with Gasteiger partial charge in [0.2, 0.25) is 0 Å². The lowest BCUT2D eigenvalue weighted by Crippen LogP contribution is -2.45. The number of carbonyl (C=O) groups excluding carboxylic acids is 1. The third kappa shape index (κ3) is 6.25. The molecule has 5 rings (SSSR count). The van der Waals surface area contributed by atoms with Crippen molar-refractivity contribution >= 4 is 17.4 Å². The minimum absolute atomic E-state index is 0.0987. The first-order chi connectivity index (χ1) is 18.8. The van der Waals surface area contributed by atoms with E-state index in [0.717, 1.165) is 25.7 Å². The van der Waals surface area contributed by atoms with Crippen molar-refractivity contribution in [3.8, 4) is 11.8 Å². The fourth-order valence-corrected chi connectivity index (χ4v) is 4.45. The van der Waals surface area contributed by atoms with Crippen LogP contribution >= 0.6 is 0 Å². The van der Waals surface area contributed by atoms with Gasteiger partial charge in [-0.3, -0.25) is 14.1 Å². The minimum Gasteiger partial charge on any atom is -0.307 e. The second kappa shape index (κ2) is 11.2. The molecule has 1 aromatic carbocycles. The zero-order chi connectivity index (χ0) is 27.4. The van der Waals surface area contributed by atoms with Crippen LogP contribution in [0.25, 0.3) is 5.65 Å². The van der Waals surface area contributed by atoms with Crippen LogP contribution in [0.3, 0.4) is 0 Å². The third-order valence-electron chi connectivity index (χ3n) is 6.64. The molecule has 4 aromatic rings. The van der Waals surface area contributed by atoms with E-state index >= 15 is 0 Å². The van der Waals surface area contributed by atoms with Crippen molar-refractivity contribution in [3.63, 3.8) is 0 Å². The molecule has 0 aliphatic carbocycles. The highest BCUT2D eigenvalue weighted by atomic mass is 19.4. The van der Waals surface area contributed by atoms with E-state index in [-0.39, 0.29) is 23.5 Å². The average Bonchev–Trinajstić information content (AvgIpc) is 3.35. The van der Waals surface area contributed by atoms with E-state index in [1.165, 1.54) is 18.3 Å². The number of hydrogen-bond acceptors (Lipinski definition) is 6. The Morgan fingerprint density at radius 3 is 2.56 bits per heavy atom. The quantitative estimate of drug-likeness (QED) is 0.392. The van der Waals surface area contributed by atoms with E-state index in [2.05, 4.69) is 43.9 Å². The first kappa shape index (κ1) is 26.3. The van der Waals surface area contributed by atoms with Crippen LogP contribution in [-0.4, -0.2) is 67.8 Å². The van der Waals surface area contributed by atoms with Crippen molar-refractivity contribution in [2.75, 3.05) is 38.0 Å². The van der Waals surface area contributed by atoms with Gasteiger partial charge in [0.25, 0.3) is 5.91 Å². The molecule has 39 heavy (non-hydrogen) atoms. The lowest BCUT2D eigenvalue weighted by Gasteiger charge is -2.34. The number of aromatic nitrogens is 4. The maximum atomic E-state index is 13.9. The predicted molar refractivity (Wildman–Crippen MR) is 140 cm³/mol. The molecule has 4 heterocycles. The third-order valence-corrected chi connectivity index (χ3v) is 6.64. The topological polar surface area (TPSA) is 78.7 Å². The van der Waals surface area contributed by atoms with Gasteiger partial charge in [0.05, 0.1) is 11.8 Å². The van der Waals surface area contributed by atoms with Crippen LogP contribution in [0.4, 0.5) is 19.0 Å². The first-order valence-corrected chi connectivity index (χ1v) is 12.5. The lowest BCUT2D eigenvalue weighted by atomic mass is 10.0. The number of alkyl halides is 3. The van der Waals surface area contributed by atoms with Crippen molar-refractivity contribution in [2.45, 2.75) is 19.6 Å². The molecule has 3 aromatic heterocycles. The number of hydrogen-bond donors (Lipinski definition) is 1. The molecule has 200 valence electrons. The largest absolute Gasteiger partial charge is 0.416 e. The molecule has 1 aliphatic rings. The summed E-state index contributed by atoms with van der Waals surface area (Å²) in [6.45, 7) is 6.23. The van der Waals surface area contributed by atoms with Gasteiger partial charge in [-0.05, 0) is 48.4 Å². The number of amides is 1. The summed E-state index contributed by atoms with van der Waals surface area (Å²) in [4.78, 5) is 29.6. The summed E-state index contributed by atoms with van der Waals surface area (Å²) >= 11 is 0. The van der Waals surface area contributed by atoms with Crippen molar-refractivity contribution in [1.29, 1.82) is 0 Å². The monoisotopic (exact) mass is 533 g/mol. The molecule has 1 amide bonds. The highest BCUT2D eigenvalue weighted by Crippen LogP contribution is 2.33. The number of piperazine rings is 1. The molecule has 0 unspecified atom stereocenters. The molecule has 0 bridgehead atoms. The number of halogens is 3. The average molecular weight is 534 g/mol. The van der Waals surface area contributed by atoms with E-state index < -0.39 is 17.6 Å². The number of pyridine rings is 1. The van der Waals surface area contributed by atoms with Crippen LogP contribution in [0, 0.1) is 11.8 Å². The summed E-state index contributed by atoms with van der Waals surface area (Å²) in [6.07, 6.45) is 1.76. The maximum absolute atomic E-state index is 13.9. The van der Waals surface area contributed by atoms with Gasteiger partial charge in [-0.15, -0.1) is 0 Å². The van der Waals surface area contributed by atoms with Gasteiger partial charge in [-0.2, -0.15) is 13.2 Å². The van der Waals surface area contributed by atoms with Crippen molar-refractivity contribution in [2.24, 2.45) is 0 Å². The van der Waals surface area contributed by atoms with E-state index in [0.29, 0.717) is 30.0 Å². The standard InChI is InChI=1S/C28H26F3N7O/c1-2-36-11-13-37(14-12-36)18-22-5-4-21(16-24(22)28(29,30)31)27(39)35-25-15-20(7-10-33-25)3-6-23-17-34-26-8-9-32-19-38(23)26/h4-5,7-10,15-17,19H,2,11-14,18H2,1H3,(H,33,35,39). The zero-order valence-electron chi connectivity index (χ0n) is 21.2.